The van der Waals surface area contributed by atoms with Crippen LogP contribution in [0.1, 0.15) is 5.56 Å². The number of ether oxygens (including phenoxy) is 3. The van der Waals surface area contributed by atoms with Crippen LogP contribution in [0.15, 0.2) is 89.7 Å². The van der Waals surface area contributed by atoms with Gasteiger partial charge in [-0.3, -0.25) is 4.79 Å². The SMILES string of the molecule is COc1ccc(Cn2c(-c3ccc(OC)cc3)cc(-c3ccc(OC)cc3)cc2=O)cc1. The Balaban J connectivity index is 1.81. The average molecular weight is 428 g/mol. The van der Waals surface area contributed by atoms with Gasteiger partial charge in [0.15, 0.2) is 0 Å². The maximum absolute atomic E-state index is 13.3. The zero-order valence-corrected chi connectivity index (χ0v) is 18.4. The van der Waals surface area contributed by atoms with E-state index in [0.717, 1.165) is 45.2 Å². The normalized spacial score (nSPS) is 10.6. The number of aromatic nitrogens is 1. The van der Waals surface area contributed by atoms with Crippen molar-refractivity contribution >= 4 is 0 Å². The molecule has 32 heavy (non-hydrogen) atoms. The molecule has 0 atom stereocenters. The summed E-state index contributed by atoms with van der Waals surface area (Å²) in [7, 11) is 4.91. The van der Waals surface area contributed by atoms with Crippen LogP contribution >= 0.6 is 0 Å². The molecule has 0 bridgehead atoms. The fourth-order valence-corrected chi connectivity index (χ4v) is 3.62. The lowest BCUT2D eigenvalue weighted by Gasteiger charge is -2.16. The van der Waals surface area contributed by atoms with Gasteiger partial charge in [0.25, 0.3) is 5.56 Å². The first-order valence-electron chi connectivity index (χ1n) is 10.3. The molecule has 1 heterocycles. The summed E-state index contributed by atoms with van der Waals surface area (Å²) in [4.78, 5) is 13.3. The zero-order valence-electron chi connectivity index (χ0n) is 18.4. The summed E-state index contributed by atoms with van der Waals surface area (Å²) in [6.45, 7) is 0.451. The summed E-state index contributed by atoms with van der Waals surface area (Å²) >= 11 is 0. The Morgan fingerprint density at radius 3 is 1.56 bits per heavy atom. The molecule has 0 aliphatic rings. The number of rotatable bonds is 7. The third kappa shape index (κ3) is 4.52. The minimum Gasteiger partial charge on any atom is -0.497 e. The van der Waals surface area contributed by atoms with Gasteiger partial charge >= 0.3 is 0 Å². The van der Waals surface area contributed by atoms with E-state index in [1.807, 2.05) is 72.8 Å². The van der Waals surface area contributed by atoms with E-state index < -0.39 is 0 Å². The van der Waals surface area contributed by atoms with Crippen LogP contribution < -0.4 is 19.8 Å². The molecule has 0 spiro atoms. The maximum Gasteiger partial charge on any atom is 0.251 e. The second kappa shape index (κ2) is 9.43. The van der Waals surface area contributed by atoms with Gasteiger partial charge < -0.3 is 18.8 Å². The molecular formula is C27H25NO4. The Kier molecular flexibility index (Phi) is 6.26. The fraction of sp³-hybridized carbons (Fsp3) is 0.148. The Bertz CT molecular complexity index is 1240. The predicted molar refractivity (Wildman–Crippen MR) is 127 cm³/mol. The summed E-state index contributed by atoms with van der Waals surface area (Å²) in [5.74, 6) is 2.33. The van der Waals surface area contributed by atoms with E-state index in [1.165, 1.54) is 0 Å². The Morgan fingerprint density at radius 2 is 1.06 bits per heavy atom. The number of benzene rings is 3. The fourth-order valence-electron chi connectivity index (χ4n) is 3.62. The van der Waals surface area contributed by atoms with Crippen LogP contribution in [0.25, 0.3) is 22.4 Å². The minimum atomic E-state index is -0.0695. The second-order valence-corrected chi connectivity index (χ2v) is 7.36. The highest BCUT2D eigenvalue weighted by molar-refractivity contribution is 5.71. The quantitative estimate of drug-likeness (QED) is 0.404. The van der Waals surface area contributed by atoms with E-state index in [9.17, 15) is 4.79 Å². The molecule has 0 fully saturated rings. The van der Waals surface area contributed by atoms with Crippen LogP contribution in [0.5, 0.6) is 17.2 Å². The van der Waals surface area contributed by atoms with Crippen molar-refractivity contribution in [2.45, 2.75) is 6.54 Å². The van der Waals surface area contributed by atoms with Crippen LogP contribution in [-0.2, 0) is 6.54 Å². The number of pyridine rings is 1. The van der Waals surface area contributed by atoms with Gasteiger partial charge in [0, 0.05) is 6.07 Å². The van der Waals surface area contributed by atoms with E-state index in [1.54, 1.807) is 32.0 Å². The van der Waals surface area contributed by atoms with Gasteiger partial charge in [-0.15, -0.1) is 0 Å². The molecule has 5 nitrogen and oxygen atoms in total. The van der Waals surface area contributed by atoms with E-state index in [0.29, 0.717) is 6.54 Å². The molecule has 0 saturated carbocycles. The third-order valence-electron chi connectivity index (χ3n) is 5.44. The van der Waals surface area contributed by atoms with Crippen molar-refractivity contribution in [3.05, 3.63) is 101 Å². The first-order chi connectivity index (χ1) is 15.6. The molecule has 4 aromatic rings. The zero-order chi connectivity index (χ0) is 22.5. The molecule has 0 amide bonds. The van der Waals surface area contributed by atoms with Crippen molar-refractivity contribution in [2.24, 2.45) is 0 Å². The minimum absolute atomic E-state index is 0.0695. The largest absolute Gasteiger partial charge is 0.497 e. The molecule has 0 aliphatic carbocycles. The van der Waals surface area contributed by atoms with Gasteiger partial charge in [0.1, 0.15) is 17.2 Å². The first-order valence-corrected chi connectivity index (χ1v) is 10.3. The molecule has 0 aliphatic heterocycles. The van der Waals surface area contributed by atoms with E-state index in [-0.39, 0.29) is 5.56 Å². The lowest BCUT2D eigenvalue weighted by molar-refractivity contribution is 0.414. The monoisotopic (exact) mass is 427 g/mol. The summed E-state index contributed by atoms with van der Waals surface area (Å²) < 4.78 is 17.6. The highest BCUT2D eigenvalue weighted by Crippen LogP contribution is 2.28. The number of methoxy groups -OCH3 is 3. The highest BCUT2D eigenvalue weighted by atomic mass is 16.5. The summed E-state index contributed by atoms with van der Waals surface area (Å²) in [5.41, 5.74) is 4.53. The molecule has 0 unspecified atom stereocenters. The van der Waals surface area contributed by atoms with E-state index in [2.05, 4.69) is 6.07 Å². The molecule has 3 aromatic carbocycles. The Morgan fingerprint density at radius 1 is 0.594 bits per heavy atom. The average Bonchev–Trinajstić information content (AvgIpc) is 2.85. The van der Waals surface area contributed by atoms with Crippen molar-refractivity contribution in [1.29, 1.82) is 0 Å². The summed E-state index contributed by atoms with van der Waals surface area (Å²) in [5, 5.41) is 0. The maximum atomic E-state index is 13.3. The van der Waals surface area contributed by atoms with Crippen LogP contribution in [0.4, 0.5) is 0 Å². The van der Waals surface area contributed by atoms with Gasteiger partial charge in [-0.2, -0.15) is 0 Å². The van der Waals surface area contributed by atoms with Gasteiger partial charge in [-0.25, -0.2) is 0 Å². The molecule has 0 radical (unpaired) electrons. The Hall–Kier alpha value is -3.99. The summed E-state index contributed by atoms with van der Waals surface area (Å²) in [6, 6.07) is 26.9. The van der Waals surface area contributed by atoms with Crippen LogP contribution in [-0.4, -0.2) is 25.9 Å². The second-order valence-electron chi connectivity index (χ2n) is 7.36. The number of hydrogen-bond donors (Lipinski definition) is 0. The van der Waals surface area contributed by atoms with Gasteiger partial charge in [-0.1, -0.05) is 24.3 Å². The van der Waals surface area contributed by atoms with Crippen LogP contribution in [0.2, 0.25) is 0 Å². The van der Waals surface area contributed by atoms with Crippen molar-refractivity contribution in [2.75, 3.05) is 21.3 Å². The molecule has 0 N–H and O–H groups in total. The smallest absolute Gasteiger partial charge is 0.251 e. The molecule has 0 saturated heterocycles. The van der Waals surface area contributed by atoms with Crippen LogP contribution in [0.3, 0.4) is 0 Å². The van der Waals surface area contributed by atoms with Gasteiger partial charge in [0.05, 0.1) is 33.6 Å². The van der Waals surface area contributed by atoms with Gasteiger partial charge in [-0.05, 0) is 76.9 Å². The lowest BCUT2D eigenvalue weighted by atomic mass is 10.0. The molecule has 5 heteroatoms. The molecule has 162 valence electrons. The van der Waals surface area contributed by atoms with Crippen molar-refractivity contribution in [1.82, 2.24) is 4.57 Å². The van der Waals surface area contributed by atoms with E-state index in [4.69, 9.17) is 14.2 Å². The van der Waals surface area contributed by atoms with Crippen molar-refractivity contribution in [3.63, 3.8) is 0 Å². The van der Waals surface area contributed by atoms with Crippen molar-refractivity contribution < 1.29 is 14.2 Å². The molecule has 1 aromatic heterocycles. The van der Waals surface area contributed by atoms with Crippen molar-refractivity contribution in [3.8, 4) is 39.6 Å². The third-order valence-corrected chi connectivity index (χ3v) is 5.44. The number of nitrogens with zero attached hydrogens (tertiary/aromatic N) is 1. The predicted octanol–water partition coefficient (Wildman–Crippen LogP) is 5.26. The van der Waals surface area contributed by atoms with Gasteiger partial charge in [0.2, 0.25) is 0 Å². The van der Waals surface area contributed by atoms with E-state index >= 15 is 0 Å². The number of hydrogen-bond acceptors (Lipinski definition) is 4. The highest BCUT2D eigenvalue weighted by Gasteiger charge is 2.12. The lowest BCUT2D eigenvalue weighted by Crippen LogP contribution is -2.22. The standard InChI is InChI=1S/C27H25NO4/c1-30-23-10-4-19(5-11-23)18-28-26(21-8-14-25(32-3)15-9-21)16-22(17-27(28)29)20-6-12-24(31-2)13-7-20/h4-17H,18H2,1-3H3. The Labute approximate surface area is 187 Å². The first kappa shape index (κ1) is 21.2. The van der Waals surface area contributed by atoms with Crippen LogP contribution in [0, 0.1) is 0 Å². The summed E-state index contributed by atoms with van der Waals surface area (Å²) in [6.07, 6.45) is 0. The molecule has 4 rings (SSSR count). The topological polar surface area (TPSA) is 49.7 Å². The molecular weight excluding hydrogens is 402 g/mol.